The van der Waals surface area contributed by atoms with E-state index in [0.29, 0.717) is 32.5 Å². The molecule has 3 heterocycles. The highest BCUT2D eigenvalue weighted by Gasteiger charge is 2.50. The zero-order valence-corrected chi connectivity index (χ0v) is 13.9. The van der Waals surface area contributed by atoms with E-state index < -0.39 is 5.60 Å². The normalized spacial score (nSPS) is 30.6. The molecule has 2 aliphatic heterocycles. The number of hydrogen-bond acceptors (Lipinski definition) is 5. The lowest BCUT2D eigenvalue weighted by atomic mass is 9.85. The number of hydrogen-bond donors (Lipinski definition) is 2. The molecule has 1 aromatic rings. The third kappa shape index (κ3) is 3.27. The van der Waals surface area contributed by atoms with Crippen molar-refractivity contribution in [1.82, 2.24) is 19.8 Å². The topological polar surface area (TPSA) is 79.6 Å². The lowest BCUT2D eigenvalue weighted by Gasteiger charge is -2.43. The van der Waals surface area contributed by atoms with Gasteiger partial charge in [-0.25, -0.2) is 4.98 Å². The number of aromatic nitrogens is 2. The van der Waals surface area contributed by atoms with Crippen LogP contribution < -0.4 is 5.32 Å². The van der Waals surface area contributed by atoms with Gasteiger partial charge in [0.25, 0.3) is 0 Å². The van der Waals surface area contributed by atoms with Crippen LogP contribution in [-0.4, -0.2) is 64.4 Å². The zero-order chi connectivity index (χ0) is 16.4. The first-order valence-corrected chi connectivity index (χ1v) is 8.25. The molecular formula is C16H26N4O3. The molecule has 2 atom stereocenters. The van der Waals surface area contributed by atoms with Crippen LogP contribution in [0.15, 0.2) is 12.4 Å². The maximum absolute atomic E-state index is 12.1. The van der Waals surface area contributed by atoms with Crippen molar-refractivity contribution in [3.05, 3.63) is 18.2 Å². The van der Waals surface area contributed by atoms with E-state index in [1.54, 1.807) is 13.3 Å². The van der Waals surface area contributed by atoms with Gasteiger partial charge >= 0.3 is 0 Å². The molecule has 2 aliphatic rings. The number of methoxy groups -OCH3 is 1. The number of imidazole rings is 1. The molecule has 7 nitrogen and oxygen atoms in total. The molecule has 2 saturated heterocycles. The number of carbonyl (C=O) groups excluding carboxylic acids is 1. The number of carbonyl (C=O) groups is 1. The minimum atomic E-state index is -0.882. The van der Waals surface area contributed by atoms with Crippen LogP contribution >= 0.6 is 0 Å². The summed E-state index contributed by atoms with van der Waals surface area (Å²) in [5.74, 6) is 0.764. The Kier molecular flexibility index (Phi) is 4.70. The highest BCUT2D eigenvalue weighted by atomic mass is 16.5. The van der Waals surface area contributed by atoms with Gasteiger partial charge in [-0.1, -0.05) is 0 Å². The first-order chi connectivity index (χ1) is 11.0. The molecule has 23 heavy (non-hydrogen) atoms. The van der Waals surface area contributed by atoms with Gasteiger partial charge in [0.2, 0.25) is 5.91 Å². The smallest absolute Gasteiger partial charge is 0.234 e. The predicted molar refractivity (Wildman–Crippen MR) is 84.7 cm³/mol. The fourth-order valence-electron chi connectivity index (χ4n) is 4.09. The number of ether oxygens (including phenoxy) is 1. The summed E-state index contributed by atoms with van der Waals surface area (Å²) in [6.07, 6.45) is 6.93. The molecule has 0 radical (unpaired) electrons. The lowest BCUT2D eigenvalue weighted by molar-refractivity contribution is -0.126. The van der Waals surface area contributed by atoms with Gasteiger partial charge in [-0.2, -0.15) is 0 Å². The predicted octanol–water partition coefficient (Wildman–Crippen LogP) is -0.00290. The Labute approximate surface area is 136 Å². The third-order valence-electron chi connectivity index (χ3n) is 5.11. The second-order valence-electron chi connectivity index (χ2n) is 6.70. The first-order valence-electron chi connectivity index (χ1n) is 8.25. The quantitative estimate of drug-likeness (QED) is 0.721. The average Bonchev–Trinajstić information content (AvgIpc) is 3.03. The van der Waals surface area contributed by atoms with Crippen molar-refractivity contribution in [2.75, 3.05) is 26.8 Å². The van der Waals surface area contributed by atoms with Crippen LogP contribution in [0.25, 0.3) is 0 Å². The molecule has 0 aromatic carbocycles. The summed E-state index contributed by atoms with van der Waals surface area (Å²) < 4.78 is 6.84. The largest absolute Gasteiger partial charge is 0.383 e. The molecule has 2 N–H and O–H groups in total. The summed E-state index contributed by atoms with van der Waals surface area (Å²) in [4.78, 5) is 18.7. The molecule has 2 fully saturated rings. The van der Waals surface area contributed by atoms with Gasteiger partial charge in [0.15, 0.2) is 0 Å². The van der Waals surface area contributed by atoms with Crippen LogP contribution in [0.2, 0.25) is 0 Å². The maximum Gasteiger partial charge on any atom is 0.234 e. The fourth-order valence-corrected chi connectivity index (χ4v) is 4.09. The summed E-state index contributed by atoms with van der Waals surface area (Å²) in [6, 6.07) is 0.479. The minimum Gasteiger partial charge on any atom is -0.383 e. The average molecular weight is 322 g/mol. The standard InChI is InChI=1S/C16H26N4O3/c1-19-7-5-18-15(19)16(22)9-12-3-4-13(10-16)20(12)11-14(21)17-6-8-23-2/h5,7,12-13,22H,3-4,6,8-11H2,1-2H3,(H,17,21)/t12-,13-/m1/s1. The molecule has 0 aliphatic carbocycles. The van der Waals surface area contributed by atoms with E-state index in [1.165, 1.54) is 0 Å². The highest BCUT2D eigenvalue weighted by molar-refractivity contribution is 5.78. The van der Waals surface area contributed by atoms with E-state index in [0.717, 1.165) is 18.7 Å². The monoisotopic (exact) mass is 322 g/mol. The Hall–Kier alpha value is -1.44. The molecule has 1 aromatic heterocycles. The highest BCUT2D eigenvalue weighted by Crippen LogP contribution is 2.44. The molecule has 128 valence electrons. The van der Waals surface area contributed by atoms with E-state index >= 15 is 0 Å². The zero-order valence-electron chi connectivity index (χ0n) is 13.9. The summed E-state index contributed by atoms with van der Waals surface area (Å²) in [5.41, 5.74) is -0.882. The first kappa shape index (κ1) is 16.4. The Balaban J connectivity index is 1.63. The number of fused-ring (bicyclic) bond motifs is 2. The number of amides is 1. The van der Waals surface area contributed by atoms with Crippen molar-refractivity contribution in [2.24, 2.45) is 7.05 Å². The number of nitrogens with zero attached hydrogens (tertiary/aromatic N) is 3. The van der Waals surface area contributed by atoms with Gasteiger partial charge in [-0.3, -0.25) is 9.69 Å². The van der Waals surface area contributed by atoms with Crippen LogP contribution in [0.5, 0.6) is 0 Å². The number of aliphatic hydroxyl groups is 1. The van der Waals surface area contributed by atoms with E-state index in [2.05, 4.69) is 15.2 Å². The van der Waals surface area contributed by atoms with Crippen LogP contribution in [0.3, 0.4) is 0 Å². The maximum atomic E-state index is 12.1. The van der Waals surface area contributed by atoms with E-state index in [1.807, 2.05) is 17.8 Å². The molecule has 1 amide bonds. The summed E-state index contributed by atoms with van der Waals surface area (Å²) in [5, 5.41) is 14.0. The van der Waals surface area contributed by atoms with Crippen molar-refractivity contribution in [3.8, 4) is 0 Å². The number of piperidine rings is 1. The third-order valence-corrected chi connectivity index (χ3v) is 5.11. The molecule has 0 unspecified atom stereocenters. The molecule has 2 bridgehead atoms. The van der Waals surface area contributed by atoms with Crippen molar-refractivity contribution >= 4 is 5.91 Å². The van der Waals surface area contributed by atoms with Crippen molar-refractivity contribution in [2.45, 2.75) is 43.4 Å². The van der Waals surface area contributed by atoms with E-state index in [9.17, 15) is 9.90 Å². The van der Waals surface area contributed by atoms with E-state index in [-0.39, 0.29) is 18.0 Å². The minimum absolute atomic E-state index is 0.0291. The molecule has 0 spiro atoms. The molecule has 3 rings (SSSR count). The number of nitrogens with one attached hydrogen (secondary N) is 1. The second kappa shape index (κ2) is 6.59. The fraction of sp³-hybridized carbons (Fsp3) is 0.750. The van der Waals surface area contributed by atoms with Gasteiger partial charge in [0.05, 0.1) is 13.2 Å². The number of rotatable bonds is 6. The lowest BCUT2D eigenvalue weighted by Crippen LogP contribution is -2.53. The van der Waals surface area contributed by atoms with Crippen molar-refractivity contribution < 1.29 is 14.6 Å². The summed E-state index contributed by atoms with van der Waals surface area (Å²) >= 11 is 0. The Morgan fingerprint density at radius 3 is 2.74 bits per heavy atom. The van der Waals surface area contributed by atoms with Gasteiger partial charge in [0, 0.05) is 45.2 Å². The van der Waals surface area contributed by atoms with Gasteiger partial charge < -0.3 is 19.7 Å². The summed E-state index contributed by atoms with van der Waals surface area (Å²) in [7, 11) is 3.54. The van der Waals surface area contributed by atoms with Crippen LogP contribution in [0.4, 0.5) is 0 Å². The van der Waals surface area contributed by atoms with Gasteiger partial charge in [0.1, 0.15) is 11.4 Å². The van der Waals surface area contributed by atoms with Gasteiger partial charge in [-0.15, -0.1) is 0 Å². The van der Waals surface area contributed by atoms with Crippen molar-refractivity contribution in [1.29, 1.82) is 0 Å². The van der Waals surface area contributed by atoms with Crippen LogP contribution in [0, 0.1) is 0 Å². The summed E-state index contributed by atoms with van der Waals surface area (Å²) in [6.45, 7) is 1.46. The second-order valence-corrected chi connectivity index (χ2v) is 6.70. The molecule has 7 heteroatoms. The van der Waals surface area contributed by atoms with Crippen molar-refractivity contribution in [3.63, 3.8) is 0 Å². The van der Waals surface area contributed by atoms with Crippen LogP contribution in [0.1, 0.15) is 31.5 Å². The Bertz CT molecular complexity index is 545. The van der Waals surface area contributed by atoms with Gasteiger partial charge in [-0.05, 0) is 25.7 Å². The molecule has 0 saturated carbocycles. The Morgan fingerprint density at radius 2 is 2.17 bits per heavy atom. The Morgan fingerprint density at radius 1 is 1.48 bits per heavy atom. The van der Waals surface area contributed by atoms with E-state index in [4.69, 9.17) is 4.74 Å². The molecular weight excluding hydrogens is 296 g/mol. The number of aryl methyl sites for hydroxylation is 1. The SMILES string of the molecule is COCCNC(=O)CN1[C@@H]2CC[C@@H]1CC(O)(c1nccn1C)C2. The van der Waals surface area contributed by atoms with Crippen LogP contribution in [-0.2, 0) is 22.2 Å².